The van der Waals surface area contributed by atoms with Crippen LogP contribution >= 0.6 is 22.6 Å². The molecule has 1 fully saturated rings. The van der Waals surface area contributed by atoms with Crippen molar-refractivity contribution in [2.75, 3.05) is 20.3 Å². The molecule has 5 heteroatoms. The van der Waals surface area contributed by atoms with Crippen molar-refractivity contribution in [2.24, 2.45) is 0 Å². The summed E-state index contributed by atoms with van der Waals surface area (Å²) in [5.74, 6) is 0.836. The normalized spacial score (nSPS) is 19.9. The summed E-state index contributed by atoms with van der Waals surface area (Å²) in [4.78, 5) is 11.2. The van der Waals surface area contributed by atoms with E-state index in [2.05, 4.69) is 34.0 Å². The van der Waals surface area contributed by atoms with Crippen LogP contribution in [0.2, 0.25) is 0 Å². The zero-order chi connectivity index (χ0) is 12.3. The third-order valence-electron chi connectivity index (χ3n) is 2.62. The van der Waals surface area contributed by atoms with Crippen LogP contribution in [0.5, 0.6) is 5.75 Å². The van der Waals surface area contributed by atoms with Crippen LogP contribution in [-0.4, -0.2) is 32.3 Å². The highest BCUT2D eigenvalue weighted by Crippen LogP contribution is 2.22. The highest BCUT2D eigenvalue weighted by molar-refractivity contribution is 14.1. The average Bonchev–Trinajstić information content (AvgIpc) is 2.29. The summed E-state index contributed by atoms with van der Waals surface area (Å²) in [7, 11) is 1.66. The Bertz CT molecular complexity index is 422. The predicted octanol–water partition coefficient (Wildman–Crippen LogP) is 1.36. The molecule has 1 aliphatic rings. The third-order valence-corrected chi connectivity index (χ3v) is 3.46. The maximum atomic E-state index is 11.2. The lowest BCUT2D eigenvalue weighted by atomic mass is 10.1. The van der Waals surface area contributed by atoms with E-state index in [4.69, 9.17) is 9.47 Å². The van der Waals surface area contributed by atoms with Gasteiger partial charge in [-0.1, -0.05) is 6.07 Å². The van der Waals surface area contributed by atoms with Gasteiger partial charge in [0.2, 0.25) is 5.91 Å². The molecule has 0 radical (unpaired) electrons. The zero-order valence-electron chi connectivity index (χ0n) is 9.53. The Kier molecular flexibility index (Phi) is 4.22. The minimum absolute atomic E-state index is 0.0375. The van der Waals surface area contributed by atoms with Crippen molar-refractivity contribution in [1.29, 1.82) is 0 Å². The van der Waals surface area contributed by atoms with Gasteiger partial charge in [0, 0.05) is 0 Å². The van der Waals surface area contributed by atoms with Crippen LogP contribution in [0, 0.1) is 3.57 Å². The second-order valence-corrected chi connectivity index (χ2v) is 5.11. The minimum atomic E-state index is -0.0375. The van der Waals surface area contributed by atoms with Crippen LogP contribution in [0.4, 0.5) is 0 Å². The largest absolute Gasteiger partial charge is 0.496 e. The van der Waals surface area contributed by atoms with Gasteiger partial charge >= 0.3 is 0 Å². The molecule has 1 aliphatic heterocycles. The van der Waals surface area contributed by atoms with E-state index >= 15 is 0 Å². The Hall–Kier alpha value is -0.820. The number of amides is 1. The molecule has 4 nitrogen and oxygen atoms in total. The zero-order valence-corrected chi connectivity index (χ0v) is 11.7. The second kappa shape index (κ2) is 5.68. The fraction of sp³-hybridized carbons (Fsp3) is 0.417. The second-order valence-electron chi connectivity index (χ2n) is 3.95. The molecular formula is C12H14INO3. The molecule has 2 rings (SSSR count). The monoisotopic (exact) mass is 347 g/mol. The first-order valence-corrected chi connectivity index (χ1v) is 6.46. The van der Waals surface area contributed by atoms with E-state index in [0.29, 0.717) is 6.61 Å². The molecule has 0 spiro atoms. The first-order valence-electron chi connectivity index (χ1n) is 5.38. The summed E-state index contributed by atoms with van der Waals surface area (Å²) < 4.78 is 11.5. The minimum Gasteiger partial charge on any atom is -0.496 e. The number of ether oxygens (including phenoxy) is 2. The number of methoxy groups -OCH3 is 1. The summed E-state index contributed by atoms with van der Waals surface area (Å²) in [5, 5.41) is 2.92. The third kappa shape index (κ3) is 3.32. The summed E-state index contributed by atoms with van der Waals surface area (Å²) in [6.07, 6.45) is 0.783. The predicted molar refractivity (Wildman–Crippen MR) is 72.2 cm³/mol. The van der Waals surface area contributed by atoms with E-state index in [1.165, 1.54) is 5.56 Å². The van der Waals surface area contributed by atoms with Gasteiger partial charge in [0.25, 0.3) is 0 Å². The molecule has 0 saturated carbocycles. The molecule has 1 heterocycles. The molecule has 1 N–H and O–H groups in total. The van der Waals surface area contributed by atoms with Gasteiger partial charge < -0.3 is 14.8 Å². The van der Waals surface area contributed by atoms with Crippen molar-refractivity contribution in [3.63, 3.8) is 0 Å². The number of carbonyl (C=O) groups excluding carboxylic acids is 1. The number of rotatable bonds is 3. The number of nitrogens with one attached hydrogen (secondary N) is 1. The van der Waals surface area contributed by atoms with Crippen LogP contribution in [0.15, 0.2) is 18.2 Å². The maximum Gasteiger partial charge on any atom is 0.246 e. The fourth-order valence-corrected chi connectivity index (χ4v) is 2.64. The van der Waals surface area contributed by atoms with Crippen molar-refractivity contribution < 1.29 is 14.3 Å². The lowest BCUT2D eigenvalue weighted by Crippen LogP contribution is -2.46. The van der Waals surface area contributed by atoms with E-state index in [-0.39, 0.29) is 18.6 Å². The lowest BCUT2D eigenvalue weighted by Gasteiger charge is -2.23. The summed E-state index contributed by atoms with van der Waals surface area (Å²) >= 11 is 2.24. The number of hydrogen-bond acceptors (Lipinski definition) is 3. The van der Waals surface area contributed by atoms with Gasteiger partial charge in [-0.3, -0.25) is 4.79 Å². The molecule has 92 valence electrons. The Labute approximate surface area is 114 Å². The average molecular weight is 347 g/mol. The molecule has 17 heavy (non-hydrogen) atoms. The molecule has 0 aromatic heterocycles. The Morgan fingerprint density at radius 3 is 3.06 bits per heavy atom. The van der Waals surface area contributed by atoms with Crippen molar-refractivity contribution in [3.8, 4) is 5.75 Å². The number of carbonyl (C=O) groups is 1. The first kappa shape index (κ1) is 12.6. The van der Waals surface area contributed by atoms with E-state index < -0.39 is 0 Å². The maximum absolute atomic E-state index is 11.2. The number of hydrogen-bond donors (Lipinski definition) is 1. The van der Waals surface area contributed by atoms with Gasteiger partial charge in [0.1, 0.15) is 12.4 Å². The number of morpholine rings is 1. The summed E-state index contributed by atoms with van der Waals surface area (Å²) in [6, 6.07) is 6.10. The molecule has 1 saturated heterocycles. The van der Waals surface area contributed by atoms with Crippen LogP contribution in [-0.2, 0) is 16.0 Å². The molecular weight excluding hydrogens is 333 g/mol. The Morgan fingerprint density at radius 2 is 2.41 bits per heavy atom. The molecule has 1 amide bonds. The smallest absolute Gasteiger partial charge is 0.246 e. The van der Waals surface area contributed by atoms with Crippen LogP contribution in [0.25, 0.3) is 0 Å². The molecule has 0 aliphatic carbocycles. The van der Waals surface area contributed by atoms with Gasteiger partial charge in [-0.05, 0) is 46.7 Å². The quantitative estimate of drug-likeness (QED) is 0.840. The topological polar surface area (TPSA) is 47.6 Å². The number of benzene rings is 1. The van der Waals surface area contributed by atoms with Crippen LogP contribution in [0.1, 0.15) is 5.56 Å². The molecule has 1 atom stereocenters. The Morgan fingerprint density at radius 1 is 1.59 bits per heavy atom. The van der Waals surface area contributed by atoms with Crippen LogP contribution in [0.3, 0.4) is 0 Å². The SMILES string of the molecule is COc1ccc(CC2COCC(=O)N2)cc1I. The summed E-state index contributed by atoms with van der Waals surface area (Å²) in [6.45, 7) is 0.755. The lowest BCUT2D eigenvalue weighted by molar-refractivity contribution is -0.131. The van der Waals surface area contributed by atoms with E-state index in [1.807, 2.05) is 12.1 Å². The summed E-state index contributed by atoms with van der Waals surface area (Å²) in [5.41, 5.74) is 1.17. The fourth-order valence-electron chi connectivity index (χ4n) is 1.84. The molecule has 1 aromatic rings. The van der Waals surface area contributed by atoms with Gasteiger partial charge in [-0.25, -0.2) is 0 Å². The standard InChI is InChI=1S/C12H14INO3/c1-16-11-3-2-8(5-10(11)13)4-9-6-17-7-12(15)14-9/h2-3,5,9H,4,6-7H2,1H3,(H,14,15). The molecule has 0 bridgehead atoms. The van der Waals surface area contributed by atoms with Gasteiger partial charge in [-0.2, -0.15) is 0 Å². The highest BCUT2D eigenvalue weighted by atomic mass is 127. The van der Waals surface area contributed by atoms with E-state index in [9.17, 15) is 4.79 Å². The van der Waals surface area contributed by atoms with Crippen molar-refractivity contribution in [2.45, 2.75) is 12.5 Å². The highest BCUT2D eigenvalue weighted by Gasteiger charge is 2.19. The Balaban J connectivity index is 2.03. The molecule has 1 aromatic carbocycles. The van der Waals surface area contributed by atoms with Gasteiger partial charge in [0.05, 0.1) is 23.3 Å². The van der Waals surface area contributed by atoms with Crippen molar-refractivity contribution in [3.05, 3.63) is 27.3 Å². The van der Waals surface area contributed by atoms with E-state index in [0.717, 1.165) is 15.7 Å². The number of halogens is 1. The van der Waals surface area contributed by atoms with Crippen LogP contribution < -0.4 is 10.1 Å². The van der Waals surface area contributed by atoms with E-state index in [1.54, 1.807) is 7.11 Å². The van der Waals surface area contributed by atoms with Crippen molar-refractivity contribution >= 4 is 28.5 Å². The molecule has 1 unspecified atom stereocenters. The van der Waals surface area contributed by atoms with Gasteiger partial charge in [0.15, 0.2) is 0 Å². The van der Waals surface area contributed by atoms with Gasteiger partial charge in [-0.15, -0.1) is 0 Å². The van der Waals surface area contributed by atoms with Crippen molar-refractivity contribution in [1.82, 2.24) is 5.32 Å². The first-order chi connectivity index (χ1) is 8.19.